The van der Waals surface area contributed by atoms with Gasteiger partial charge in [0.2, 0.25) is 0 Å². The first-order chi connectivity index (χ1) is 7.97. The Labute approximate surface area is 102 Å². The number of ether oxygens (including phenoxy) is 1. The van der Waals surface area contributed by atoms with Crippen LogP contribution in [0.25, 0.3) is 0 Å². The minimum absolute atomic E-state index is 0.0203. The largest absolute Gasteiger partial charge is 0.465 e. The SMILES string of the molecule is C[C@@H]1[C@@H]2C=C[C@]3(C)[C@@]1(C)CC[C@@]31C(=O)OC[C@@H]21. The lowest BCUT2D eigenvalue weighted by atomic mass is 9.40. The zero-order valence-electron chi connectivity index (χ0n) is 10.8. The molecule has 17 heavy (non-hydrogen) atoms. The van der Waals surface area contributed by atoms with Gasteiger partial charge in [-0.2, -0.15) is 0 Å². The van der Waals surface area contributed by atoms with Gasteiger partial charge in [0.15, 0.2) is 0 Å². The molecule has 3 fully saturated rings. The summed E-state index contributed by atoms with van der Waals surface area (Å²) in [6.45, 7) is 7.74. The Morgan fingerprint density at radius 3 is 2.88 bits per heavy atom. The molecule has 4 bridgehead atoms. The molecule has 1 saturated heterocycles. The number of carbonyl (C=O) groups excluding carboxylic acids is 1. The van der Waals surface area contributed by atoms with E-state index in [1.165, 1.54) is 6.42 Å². The second-order valence-electron chi connectivity index (χ2n) is 7.02. The molecular formula is C15H20O2. The minimum atomic E-state index is -0.187. The first-order valence-corrected chi connectivity index (χ1v) is 6.84. The van der Waals surface area contributed by atoms with Gasteiger partial charge in [-0.25, -0.2) is 0 Å². The van der Waals surface area contributed by atoms with Gasteiger partial charge in [-0.15, -0.1) is 0 Å². The highest BCUT2D eigenvalue weighted by atomic mass is 16.5. The molecule has 6 atom stereocenters. The fraction of sp³-hybridized carbons (Fsp3) is 0.800. The summed E-state index contributed by atoms with van der Waals surface area (Å²) in [5, 5.41) is 0. The topological polar surface area (TPSA) is 26.3 Å². The van der Waals surface area contributed by atoms with Crippen molar-refractivity contribution in [3.05, 3.63) is 12.2 Å². The summed E-state index contributed by atoms with van der Waals surface area (Å²) >= 11 is 0. The summed E-state index contributed by atoms with van der Waals surface area (Å²) in [7, 11) is 0. The van der Waals surface area contributed by atoms with Gasteiger partial charge in [-0.05, 0) is 30.1 Å². The molecule has 0 aromatic rings. The number of hydrogen-bond donors (Lipinski definition) is 0. The lowest BCUT2D eigenvalue weighted by molar-refractivity contribution is -0.161. The first-order valence-electron chi connectivity index (χ1n) is 6.84. The molecule has 4 aliphatic carbocycles. The van der Waals surface area contributed by atoms with E-state index in [1.54, 1.807) is 0 Å². The zero-order chi connectivity index (χ0) is 12.1. The van der Waals surface area contributed by atoms with E-state index < -0.39 is 0 Å². The maximum atomic E-state index is 12.4. The Morgan fingerprint density at radius 1 is 1.35 bits per heavy atom. The van der Waals surface area contributed by atoms with Gasteiger partial charge in [-0.1, -0.05) is 32.9 Å². The summed E-state index contributed by atoms with van der Waals surface area (Å²) in [6, 6.07) is 0. The average Bonchev–Trinajstić information content (AvgIpc) is 2.73. The standard InChI is InChI=1S/C15H20O2/c1-9-10-4-5-14(3)13(9,2)6-7-15(14)11(10)8-17-12(15)16/h4-5,9-11H,6-8H2,1-3H3/t9-,10+,11+,13+,14-,15-/m1/s1. The second-order valence-corrected chi connectivity index (χ2v) is 7.02. The van der Waals surface area contributed by atoms with Crippen molar-refractivity contribution in [2.75, 3.05) is 6.61 Å². The average molecular weight is 232 g/mol. The predicted molar refractivity (Wildman–Crippen MR) is 64.1 cm³/mol. The molecule has 1 spiro atoms. The van der Waals surface area contributed by atoms with Crippen LogP contribution in [0.5, 0.6) is 0 Å². The van der Waals surface area contributed by atoms with Crippen LogP contribution >= 0.6 is 0 Å². The van der Waals surface area contributed by atoms with E-state index in [9.17, 15) is 4.79 Å². The number of esters is 1. The molecule has 1 heterocycles. The van der Waals surface area contributed by atoms with E-state index in [-0.39, 0.29) is 22.2 Å². The van der Waals surface area contributed by atoms with Crippen molar-refractivity contribution in [2.45, 2.75) is 33.6 Å². The first kappa shape index (κ1) is 10.2. The van der Waals surface area contributed by atoms with Gasteiger partial charge < -0.3 is 4.74 Å². The Bertz CT molecular complexity index is 454. The number of allylic oxidation sites excluding steroid dienone is 2. The van der Waals surface area contributed by atoms with Crippen LogP contribution in [-0.2, 0) is 9.53 Å². The van der Waals surface area contributed by atoms with Gasteiger partial charge in [0, 0.05) is 11.3 Å². The van der Waals surface area contributed by atoms with Crippen LogP contribution in [0.3, 0.4) is 0 Å². The third-order valence-electron chi connectivity index (χ3n) is 7.24. The molecule has 2 heteroatoms. The quantitative estimate of drug-likeness (QED) is 0.474. The van der Waals surface area contributed by atoms with Crippen LogP contribution in [0.2, 0.25) is 0 Å². The minimum Gasteiger partial charge on any atom is -0.465 e. The second kappa shape index (κ2) is 2.48. The zero-order valence-corrected chi connectivity index (χ0v) is 10.8. The van der Waals surface area contributed by atoms with Gasteiger partial charge >= 0.3 is 5.97 Å². The lowest BCUT2D eigenvalue weighted by Crippen LogP contribution is -2.61. The molecule has 5 aliphatic rings. The van der Waals surface area contributed by atoms with Crippen LogP contribution in [-0.4, -0.2) is 12.6 Å². The molecule has 1 aliphatic heterocycles. The molecule has 0 amide bonds. The number of hydrogen-bond acceptors (Lipinski definition) is 2. The monoisotopic (exact) mass is 232 g/mol. The van der Waals surface area contributed by atoms with E-state index in [1.807, 2.05) is 0 Å². The molecule has 5 rings (SSSR count). The van der Waals surface area contributed by atoms with E-state index in [4.69, 9.17) is 4.74 Å². The van der Waals surface area contributed by atoms with Crippen molar-refractivity contribution in [3.63, 3.8) is 0 Å². The Hall–Kier alpha value is -0.790. The van der Waals surface area contributed by atoms with Gasteiger partial charge in [-0.3, -0.25) is 4.79 Å². The van der Waals surface area contributed by atoms with Crippen molar-refractivity contribution >= 4 is 5.97 Å². The van der Waals surface area contributed by atoms with Gasteiger partial charge in [0.25, 0.3) is 0 Å². The van der Waals surface area contributed by atoms with Crippen molar-refractivity contribution < 1.29 is 9.53 Å². The Kier molecular flexibility index (Phi) is 1.48. The van der Waals surface area contributed by atoms with Crippen molar-refractivity contribution in [1.29, 1.82) is 0 Å². The van der Waals surface area contributed by atoms with Gasteiger partial charge in [0.1, 0.15) is 0 Å². The van der Waals surface area contributed by atoms with E-state index in [0.29, 0.717) is 24.4 Å². The molecule has 2 nitrogen and oxygen atoms in total. The lowest BCUT2D eigenvalue weighted by Gasteiger charge is -2.61. The molecule has 2 saturated carbocycles. The summed E-state index contributed by atoms with van der Waals surface area (Å²) in [6.07, 6.45) is 6.95. The maximum Gasteiger partial charge on any atom is 0.313 e. The summed E-state index contributed by atoms with van der Waals surface area (Å²) < 4.78 is 5.48. The highest BCUT2D eigenvalue weighted by Crippen LogP contribution is 2.78. The highest BCUT2D eigenvalue weighted by molar-refractivity contribution is 5.83. The fourth-order valence-corrected chi connectivity index (χ4v) is 5.82. The van der Waals surface area contributed by atoms with Crippen LogP contribution in [0.4, 0.5) is 0 Å². The van der Waals surface area contributed by atoms with Crippen molar-refractivity contribution in [3.8, 4) is 0 Å². The molecular weight excluding hydrogens is 212 g/mol. The van der Waals surface area contributed by atoms with Crippen LogP contribution < -0.4 is 0 Å². The third kappa shape index (κ3) is 0.708. The number of carbonyl (C=O) groups is 1. The maximum absolute atomic E-state index is 12.4. The highest BCUT2D eigenvalue weighted by Gasteiger charge is 2.78. The predicted octanol–water partition coefficient (Wildman–Crippen LogP) is 2.79. The number of cyclic esters (lactones) is 1. The van der Waals surface area contributed by atoms with Crippen LogP contribution in [0.15, 0.2) is 12.2 Å². The molecule has 92 valence electrons. The normalized spacial score (nSPS) is 62.8. The molecule has 0 N–H and O–H groups in total. The summed E-state index contributed by atoms with van der Waals surface area (Å²) in [5.41, 5.74) is 0.117. The Morgan fingerprint density at radius 2 is 2.12 bits per heavy atom. The summed E-state index contributed by atoms with van der Waals surface area (Å²) in [5.74, 6) is 1.76. The Balaban J connectivity index is 2.04. The van der Waals surface area contributed by atoms with E-state index >= 15 is 0 Å². The third-order valence-corrected chi connectivity index (χ3v) is 7.24. The number of rotatable bonds is 0. The molecule has 0 radical (unpaired) electrons. The summed E-state index contributed by atoms with van der Waals surface area (Å²) in [4.78, 5) is 12.4. The van der Waals surface area contributed by atoms with Crippen LogP contribution in [0, 0.1) is 34.0 Å². The van der Waals surface area contributed by atoms with Crippen molar-refractivity contribution in [1.82, 2.24) is 0 Å². The molecule has 0 aromatic heterocycles. The van der Waals surface area contributed by atoms with Crippen LogP contribution in [0.1, 0.15) is 33.6 Å². The van der Waals surface area contributed by atoms with E-state index in [2.05, 4.69) is 32.9 Å². The van der Waals surface area contributed by atoms with Crippen molar-refractivity contribution in [2.24, 2.45) is 34.0 Å². The fourth-order valence-electron chi connectivity index (χ4n) is 5.82. The molecule has 0 unspecified atom stereocenters. The van der Waals surface area contributed by atoms with E-state index in [0.717, 1.165) is 6.42 Å². The molecule has 0 aromatic carbocycles. The smallest absolute Gasteiger partial charge is 0.313 e. The van der Waals surface area contributed by atoms with Gasteiger partial charge in [0.05, 0.1) is 12.0 Å².